The van der Waals surface area contributed by atoms with Crippen molar-refractivity contribution >= 4 is 39.8 Å². The van der Waals surface area contributed by atoms with Gasteiger partial charge in [0.05, 0.1) is 12.7 Å². The Morgan fingerprint density at radius 1 is 0.811 bits per heavy atom. The molecule has 2 amide bonds. The van der Waals surface area contributed by atoms with Crippen molar-refractivity contribution in [2.45, 2.75) is 52.7 Å². The van der Waals surface area contributed by atoms with E-state index in [-0.39, 0.29) is 23.8 Å². The number of rotatable bonds is 2. The molecule has 0 aliphatic carbocycles. The van der Waals surface area contributed by atoms with Gasteiger partial charge in [-0.1, -0.05) is 0 Å². The Hall–Kier alpha value is -2.53. The highest BCUT2D eigenvalue weighted by Crippen LogP contribution is 2.26. The van der Waals surface area contributed by atoms with Gasteiger partial charge in [-0.3, -0.25) is 0 Å². The first-order valence-corrected chi connectivity index (χ1v) is 13.3. The third-order valence-electron chi connectivity index (χ3n) is 5.42. The number of benzene rings is 1. The average molecular weight is 586 g/mol. The van der Waals surface area contributed by atoms with Gasteiger partial charge < -0.3 is 34.2 Å². The maximum atomic E-state index is 12.1. The molecule has 0 spiro atoms. The summed E-state index contributed by atoms with van der Waals surface area (Å²) in [5, 5.41) is 3.18. The lowest BCUT2D eigenvalue weighted by Gasteiger charge is -2.36. The molecule has 2 aliphatic heterocycles. The Balaban J connectivity index is 0.000000312. The van der Waals surface area contributed by atoms with Gasteiger partial charge in [0.15, 0.2) is 0 Å². The standard InChI is InChI=1S/C17H23BrN2O4.C9H18N2O2/c1-17(2,3)24-16(22)20-9-7-19(8-10-20)12-5-6-13(14(18)11-12)15(21)23-4;1-9(2,3)13-8(12)11-6-4-10-5-7-11/h5-6,11H,7-10H2,1-4H3;10H,4-7H2,1-3H3. The predicted molar refractivity (Wildman–Crippen MR) is 146 cm³/mol. The number of ether oxygens (including phenoxy) is 3. The van der Waals surface area contributed by atoms with E-state index in [9.17, 15) is 14.4 Å². The molecule has 0 radical (unpaired) electrons. The fourth-order valence-corrected chi connectivity index (χ4v) is 4.15. The zero-order valence-corrected chi connectivity index (χ0v) is 24.6. The van der Waals surface area contributed by atoms with E-state index in [0.717, 1.165) is 31.9 Å². The van der Waals surface area contributed by atoms with E-state index in [2.05, 4.69) is 26.1 Å². The van der Waals surface area contributed by atoms with E-state index < -0.39 is 5.60 Å². The number of carbonyl (C=O) groups is 3. The number of anilines is 1. The normalized spacial score (nSPS) is 16.4. The maximum absolute atomic E-state index is 12.1. The van der Waals surface area contributed by atoms with Crippen LogP contribution in [0.1, 0.15) is 51.9 Å². The summed E-state index contributed by atoms with van der Waals surface area (Å²) in [5.41, 5.74) is 0.622. The largest absolute Gasteiger partial charge is 0.465 e. The molecule has 0 unspecified atom stereocenters. The van der Waals surface area contributed by atoms with Crippen molar-refractivity contribution in [1.82, 2.24) is 15.1 Å². The minimum atomic E-state index is -0.483. The molecular formula is C26H41BrN4O6. The van der Waals surface area contributed by atoms with Gasteiger partial charge in [-0.15, -0.1) is 0 Å². The molecular weight excluding hydrogens is 544 g/mol. The van der Waals surface area contributed by atoms with Gasteiger partial charge >= 0.3 is 18.2 Å². The van der Waals surface area contributed by atoms with Crippen LogP contribution in [0.3, 0.4) is 0 Å². The molecule has 3 rings (SSSR count). The molecule has 2 heterocycles. The third-order valence-corrected chi connectivity index (χ3v) is 6.08. The van der Waals surface area contributed by atoms with Crippen LogP contribution in [0.2, 0.25) is 0 Å². The van der Waals surface area contributed by atoms with Crippen LogP contribution in [0.5, 0.6) is 0 Å². The Morgan fingerprint density at radius 3 is 1.73 bits per heavy atom. The number of carbonyl (C=O) groups excluding carboxylic acids is 3. The minimum absolute atomic E-state index is 0.200. The number of methoxy groups -OCH3 is 1. The summed E-state index contributed by atoms with van der Waals surface area (Å²) in [4.78, 5) is 40.8. The first-order chi connectivity index (χ1) is 17.2. The lowest BCUT2D eigenvalue weighted by Crippen LogP contribution is -2.50. The van der Waals surface area contributed by atoms with Crippen molar-refractivity contribution in [1.29, 1.82) is 0 Å². The highest BCUT2D eigenvalue weighted by molar-refractivity contribution is 9.10. The highest BCUT2D eigenvalue weighted by Gasteiger charge is 2.26. The number of amides is 2. The molecule has 2 aliphatic rings. The molecule has 37 heavy (non-hydrogen) atoms. The summed E-state index contributed by atoms with van der Waals surface area (Å²) >= 11 is 3.41. The minimum Gasteiger partial charge on any atom is -0.465 e. The van der Waals surface area contributed by atoms with Gasteiger partial charge in [0.2, 0.25) is 0 Å². The first-order valence-electron chi connectivity index (χ1n) is 12.5. The van der Waals surface area contributed by atoms with Gasteiger partial charge in [-0.05, 0) is 75.7 Å². The van der Waals surface area contributed by atoms with E-state index in [0.29, 0.717) is 36.2 Å². The molecule has 2 saturated heterocycles. The Kier molecular flexibility index (Phi) is 11.0. The SMILES string of the molecule is CC(C)(C)OC(=O)N1CCNCC1.COC(=O)c1ccc(N2CCN(C(=O)OC(C)(C)C)CC2)cc1Br. The van der Waals surface area contributed by atoms with Crippen molar-refractivity contribution in [3.63, 3.8) is 0 Å². The van der Waals surface area contributed by atoms with Gasteiger partial charge in [-0.2, -0.15) is 0 Å². The van der Waals surface area contributed by atoms with Crippen molar-refractivity contribution in [2.75, 3.05) is 64.4 Å². The summed E-state index contributed by atoms with van der Waals surface area (Å²) in [6, 6.07) is 5.53. The molecule has 0 saturated carbocycles. The van der Waals surface area contributed by atoms with Crippen LogP contribution in [0.15, 0.2) is 22.7 Å². The summed E-state index contributed by atoms with van der Waals surface area (Å²) in [6.07, 6.45) is -0.474. The van der Waals surface area contributed by atoms with E-state index in [1.807, 2.05) is 53.7 Å². The molecule has 10 nitrogen and oxygen atoms in total. The van der Waals surface area contributed by atoms with Gasteiger partial charge in [0.25, 0.3) is 0 Å². The molecule has 0 aromatic heterocycles. The fraction of sp³-hybridized carbons (Fsp3) is 0.654. The van der Waals surface area contributed by atoms with E-state index in [4.69, 9.17) is 14.2 Å². The van der Waals surface area contributed by atoms with Crippen molar-refractivity contribution in [3.8, 4) is 0 Å². The number of halogens is 1. The maximum Gasteiger partial charge on any atom is 0.410 e. The van der Waals surface area contributed by atoms with Crippen LogP contribution in [0.25, 0.3) is 0 Å². The number of esters is 1. The number of hydrogen-bond donors (Lipinski definition) is 1. The zero-order valence-electron chi connectivity index (χ0n) is 23.1. The van der Waals surface area contributed by atoms with Gasteiger partial charge in [0, 0.05) is 62.5 Å². The van der Waals surface area contributed by atoms with Crippen molar-refractivity contribution in [3.05, 3.63) is 28.2 Å². The Bertz CT molecular complexity index is 930. The fourth-order valence-electron chi connectivity index (χ4n) is 3.62. The molecule has 1 aromatic carbocycles. The van der Waals surface area contributed by atoms with Crippen molar-refractivity contribution in [2.24, 2.45) is 0 Å². The molecule has 2 fully saturated rings. The number of piperazine rings is 2. The second-order valence-corrected chi connectivity index (χ2v) is 11.7. The highest BCUT2D eigenvalue weighted by atomic mass is 79.9. The van der Waals surface area contributed by atoms with E-state index in [1.165, 1.54) is 7.11 Å². The van der Waals surface area contributed by atoms with Gasteiger partial charge in [0.1, 0.15) is 11.2 Å². The van der Waals surface area contributed by atoms with Crippen molar-refractivity contribution < 1.29 is 28.6 Å². The number of nitrogens with one attached hydrogen (secondary N) is 1. The topological polar surface area (TPSA) is 101 Å². The molecule has 208 valence electrons. The molecule has 0 bridgehead atoms. The smallest absolute Gasteiger partial charge is 0.410 e. The molecule has 0 atom stereocenters. The van der Waals surface area contributed by atoms with Crippen LogP contribution < -0.4 is 10.2 Å². The molecule has 1 aromatic rings. The second kappa shape index (κ2) is 13.3. The molecule has 1 N–H and O–H groups in total. The monoisotopic (exact) mass is 584 g/mol. The van der Waals surface area contributed by atoms with Gasteiger partial charge in [-0.25, -0.2) is 14.4 Å². The molecule has 11 heteroatoms. The average Bonchev–Trinajstić information content (AvgIpc) is 2.82. The Labute approximate surface area is 228 Å². The van der Waals surface area contributed by atoms with E-state index >= 15 is 0 Å². The van der Waals surface area contributed by atoms with Crippen LogP contribution in [-0.4, -0.2) is 98.6 Å². The number of nitrogens with zero attached hydrogens (tertiary/aromatic N) is 3. The van der Waals surface area contributed by atoms with Crippen LogP contribution >= 0.6 is 15.9 Å². The van der Waals surface area contributed by atoms with Crippen LogP contribution in [0, 0.1) is 0 Å². The number of hydrogen-bond acceptors (Lipinski definition) is 8. The summed E-state index contributed by atoms with van der Waals surface area (Å²) < 4.78 is 16.1. The quantitative estimate of drug-likeness (QED) is 0.409. The first kappa shape index (κ1) is 30.7. The zero-order chi connectivity index (χ0) is 27.8. The summed E-state index contributed by atoms with van der Waals surface area (Å²) in [7, 11) is 1.36. The second-order valence-electron chi connectivity index (χ2n) is 10.8. The predicted octanol–water partition coefficient (Wildman–Crippen LogP) is 4.12. The lowest BCUT2D eigenvalue weighted by atomic mass is 10.2. The lowest BCUT2D eigenvalue weighted by molar-refractivity contribution is 0.0223. The summed E-state index contributed by atoms with van der Waals surface area (Å²) in [6.45, 7) is 17.1. The van der Waals surface area contributed by atoms with E-state index in [1.54, 1.807) is 15.9 Å². The van der Waals surface area contributed by atoms with Crippen LogP contribution in [-0.2, 0) is 14.2 Å². The third kappa shape index (κ3) is 10.4. The van der Waals surface area contributed by atoms with Crippen LogP contribution in [0.4, 0.5) is 15.3 Å². The summed E-state index contributed by atoms with van der Waals surface area (Å²) in [5.74, 6) is -0.372. The Morgan fingerprint density at radius 2 is 1.30 bits per heavy atom.